The molecule has 1 fully saturated rings. The number of primary amides is 1. The van der Waals surface area contributed by atoms with Gasteiger partial charge in [0.05, 0.1) is 5.56 Å². The lowest BCUT2D eigenvalue weighted by atomic mass is 9.99. The van der Waals surface area contributed by atoms with E-state index in [9.17, 15) is 24.9 Å². The first kappa shape index (κ1) is 16.2. The first-order chi connectivity index (χ1) is 10.3. The Bertz CT molecular complexity index is 577. The number of hydrogen-bond donors (Lipinski definition) is 5. The third kappa shape index (κ3) is 3.02. The van der Waals surface area contributed by atoms with Crippen LogP contribution in [0.15, 0.2) is 24.3 Å². The van der Waals surface area contributed by atoms with Gasteiger partial charge in [0.25, 0.3) is 5.91 Å². The highest BCUT2D eigenvalue weighted by Crippen LogP contribution is 2.26. The molecule has 0 unspecified atom stereocenters. The van der Waals surface area contributed by atoms with Gasteiger partial charge in [-0.05, 0) is 12.1 Å². The zero-order valence-electron chi connectivity index (χ0n) is 11.2. The first-order valence-electron chi connectivity index (χ1n) is 6.31. The molecular weight excluding hydrogens is 298 g/mol. The number of amides is 1. The molecule has 1 saturated heterocycles. The Balaban J connectivity index is 2.25. The van der Waals surface area contributed by atoms with Gasteiger partial charge in [-0.1, -0.05) is 12.1 Å². The number of carbonyl (C=O) groups excluding carboxylic acids is 1. The molecule has 1 aromatic rings. The number of carboxylic acids is 1. The standard InChI is InChI=1S/C13H15NO8/c14-11(18)5-3-1-2-4-6(5)21-13-9(17)7(15)8(16)10(22-13)12(19)20/h1-4,7-10,13,15-17H,(H2,14,18)(H,19,20)/t7-,8-,9+,10-,13+/m0/s1. The molecule has 1 amide bonds. The summed E-state index contributed by atoms with van der Waals surface area (Å²) in [5.74, 6) is -2.38. The number of carboxylic acid groups (broad SMARTS) is 1. The van der Waals surface area contributed by atoms with Gasteiger partial charge >= 0.3 is 5.97 Å². The monoisotopic (exact) mass is 313 g/mol. The molecule has 0 saturated carbocycles. The van der Waals surface area contributed by atoms with Crippen LogP contribution in [0.4, 0.5) is 0 Å². The van der Waals surface area contributed by atoms with E-state index in [1.165, 1.54) is 24.3 Å². The summed E-state index contributed by atoms with van der Waals surface area (Å²) in [7, 11) is 0. The van der Waals surface area contributed by atoms with Gasteiger partial charge in [-0.3, -0.25) is 4.79 Å². The van der Waals surface area contributed by atoms with Crippen molar-refractivity contribution in [2.45, 2.75) is 30.7 Å². The number of aliphatic carboxylic acids is 1. The summed E-state index contributed by atoms with van der Waals surface area (Å²) in [4.78, 5) is 22.3. The van der Waals surface area contributed by atoms with E-state index in [0.717, 1.165) is 0 Å². The van der Waals surface area contributed by atoms with Crippen molar-refractivity contribution in [2.24, 2.45) is 5.73 Å². The van der Waals surface area contributed by atoms with Crippen molar-refractivity contribution in [3.05, 3.63) is 29.8 Å². The molecule has 1 aliphatic rings. The van der Waals surface area contributed by atoms with E-state index in [1.54, 1.807) is 0 Å². The van der Waals surface area contributed by atoms with Gasteiger partial charge in [0, 0.05) is 0 Å². The quantitative estimate of drug-likeness (QED) is 0.429. The summed E-state index contributed by atoms with van der Waals surface area (Å²) in [5, 5.41) is 38.0. The number of ether oxygens (including phenoxy) is 2. The average molecular weight is 313 g/mol. The molecule has 22 heavy (non-hydrogen) atoms. The number of rotatable bonds is 4. The fraction of sp³-hybridized carbons (Fsp3) is 0.385. The molecule has 0 radical (unpaired) electrons. The van der Waals surface area contributed by atoms with Crippen LogP contribution in [0.25, 0.3) is 0 Å². The topological polar surface area (TPSA) is 160 Å². The predicted octanol–water partition coefficient (Wildman–Crippen LogP) is -1.94. The van der Waals surface area contributed by atoms with Crippen LogP contribution in [-0.4, -0.2) is 63.0 Å². The van der Waals surface area contributed by atoms with Gasteiger partial charge in [0.2, 0.25) is 6.29 Å². The Hall–Kier alpha value is -2.20. The van der Waals surface area contributed by atoms with Crippen LogP contribution in [0.5, 0.6) is 5.75 Å². The molecule has 0 spiro atoms. The molecule has 2 rings (SSSR count). The van der Waals surface area contributed by atoms with Crippen molar-refractivity contribution in [2.75, 3.05) is 0 Å². The van der Waals surface area contributed by atoms with E-state index in [4.69, 9.17) is 20.3 Å². The van der Waals surface area contributed by atoms with Crippen LogP contribution >= 0.6 is 0 Å². The van der Waals surface area contributed by atoms with Crippen LogP contribution < -0.4 is 10.5 Å². The lowest BCUT2D eigenvalue weighted by Gasteiger charge is -2.38. The van der Waals surface area contributed by atoms with E-state index in [1.807, 2.05) is 0 Å². The summed E-state index contributed by atoms with van der Waals surface area (Å²) in [6, 6.07) is 5.79. The highest BCUT2D eigenvalue weighted by atomic mass is 16.7. The number of carbonyl (C=O) groups is 2. The van der Waals surface area contributed by atoms with Gasteiger partial charge in [0.15, 0.2) is 6.10 Å². The highest BCUT2D eigenvalue weighted by Gasteiger charge is 2.48. The fourth-order valence-electron chi connectivity index (χ4n) is 2.05. The minimum Gasteiger partial charge on any atom is -0.479 e. The first-order valence-corrected chi connectivity index (χ1v) is 6.31. The summed E-state index contributed by atoms with van der Waals surface area (Å²) < 4.78 is 10.2. The normalized spacial score (nSPS) is 31.5. The summed E-state index contributed by atoms with van der Waals surface area (Å²) >= 11 is 0. The molecule has 0 bridgehead atoms. The highest BCUT2D eigenvalue weighted by molar-refractivity contribution is 5.95. The Labute approximate surface area is 124 Å². The largest absolute Gasteiger partial charge is 0.479 e. The molecular formula is C13H15NO8. The van der Waals surface area contributed by atoms with Gasteiger partial charge in [0.1, 0.15) is 24.1 Å². The number of hydrogen-bond acceptors (Lipinski definition) is 7. The van der Waals surface area contributed by atoms with Gasteiger partial charge in [-0.25, -0.2) is 4.79 Å². The van der Waals surface area contributed by atoms with Crippen molar-refractivity contribution in [3.63, 3.8) is 0 Å². The number of benzene rings is 1. The SMILES string of the molecule is NC(=O)c1ccccc1O[C@@H]1O[C@H](C(=O)O)[C@@H](O)[C@H](O)[C@H]1O. The Morgan fingerprint density at radius 1 is 1.09 bits per heavy atom. The van der Waals surface area contributed by atoms with Gasteiger partial charge < -0.3 is 35.6 Å². The number of aliphatic hydroxyl groups excluding tert-OH is 3. The van der Waals surface area contributed by atoms with Crippen LogP contribution in [-0.2, 0) is 9.53 Å². The second kappa shape index (κ2) is 6.28. The molecule has 0 aliphatic carbocycles. The minimum absolute atomic E-state index is 0.00853. The predicted molar refractivity (Wildman–Crippen MR) is 69.9 cm³/mol. The van der Waals surface area contributed by atoms with E-state index >= 15 is 0 Å². The molecule has 9 nitrogen and oxygen atoms in total. The number of aliphatic hydroxyl groups is 3. The van der Waals surface area contributed by atoms with Crippen molar-refractivity contribution < 1.29 is 39.5 Å². The Morgan fingerprint density at radius 2 is 1.73 bits per heavy atom. The van der Waals surface area contributed by atoms with Crippen LogP contribution in [0, 0.1) is 0 Å². The van der Waals surface area contributed by atoms with E-state index in [-0.39, 0.29) is 11.3 Å². The maximum absolute atomic E-state index is 11.3. The molecule has 120 valence electrons. The van der Waals surface area contributed by atoms with Crippen LogP contribution in [0.1, 0.15) is 10.4 Å². The van der Waals surface area contributed by atoms with Crippen molar-refractivity contribution in [1.82, 2.24) is 0 Å². The maximum Gasteiger partial charge on any atom is 0.335 e. The summed E-state index contributed by atoms with van der Waals surface area (Å²) in [6.45, 7) is 0. The van der Waals surface area contributed by atoms with E-state index in [0.29, 0.717) is 0 Å². The minimum atomic E-state index is -1.82. The summed E-state index contributed by atoms with van der Waals surface area (Å²) in [6.07, 6.45) is -8.71. The molecule has 1 heterocycles. The maximum atomic E-state index is 11.3. The smallest absolute Gasteiger partial charge is 0.335 e. The lowest BCUT2D eigenvalue weighted by molar-refractivity contribution is -0.271. The van der Waals surface area contributed by atoms with Crippen molar-refractivity contribution in [1.29, 1.82) is 0 Å². The lowest BCUT2D eigenvalue weighted by Crippen LogP contribution is -2.61. The molecule has 9 heteroatoms. The zero-order chi connectivity index (χ0) is 16.4. The number of para-hydroxylation sites is 1. The molecule has 1 aromatic carbocycles. The second-order valence-electron chi connectivity index (χ2n) is 4.71. The van der Waals surface area contributed by atoms with E-state index < -0.39 is 42.6 Å². The molecule has 5 atom stereocenters. The molecule has 6 N–H and O–H groups in total. The van der Waals surface area contributed by atoms with Crippen LogP contribution in [0.3, 0.4) is 0 Å². The number of nitrogens with two attached hydrogens (primary N) is 1. The molecule has 0 aromatic heterocycles. The van der Waals surface area contributed by atoms with Crippen LogP contribution in [0.2, 0.25) is 0 Å². The van der Waals surface area contributed by atoms with Crippen molar-refractivity contribution in [3.8, 4) is 5.75 Å². The van der Waals surface area contributed by atoms with Gasteiger partial charge in [-0.2, -0.15) is 0 Å². The fourth-order valence-corrected chi connectivity index (χ4v) is 2.05. The molecule has 1 aliphatic heterocycles. The third-order valence-electron chi connectivity index (χ3n) is 3.21. The summed E-state index contributed by atoms with van der Waals surface area (Å²) in [5.41, 5.74) is 5.16. The third-order valence-corrected chi connectivity index (χ3v) is 3.21. The Morgan fingerprint density at radius 3 is 2.32 bits per heavy atom. The second-order valence-corrected chi connectivity index (χ2v) is 4.71. The van der Waals surface area contributed by atoms with Crippen molar-refractivity contribution >= 4 is 11.9 Å². The Kier molecular flexibility index (Phi) is 4.62. The van der Waals surface area contributed by atoms with E-state index in [2.05, 4.69) is 0 Å². The average Bonchev–Trinajstić information content (AvgIpc) is 2.47. The van der Waals surface area contributed by atoms with Gasteiger partial charge in [-0.15, -0.1) is 0 Å². The zero-order valence-corrected chi connectivity index (χ0v) is 11.2.